The normalized spacial score (nSPS) is 14.8. The van der Waals surface area contributed by atoms with Gasteiger partial charge in [-0.25, -0.2) is 14.8 Å². The molecule has 0 saturated heterocycles. The minimum absolute atomic E-state index is 0.354. The maximum Gasteiger partial charge on any atom is 0.327 e. The smallest absolute Gasteiger partial charge is 0.327 e. The van der Waals surface area contributed by atoms with Gasteiger partial charge in [0.25, 0.3) is 0 Å². The van der Waals surface area contributed by atoms with Gasteiger partial charge in [-0.1, -0.05) is 84.3 Å². The molecule has 1 aromatic heterocycles. The highest BCUT2D eigenvalue weighted by Gasteiger charge is 2.17. The van der Waals surface area contributed by atoms with Crippen molar-refractivity contribution in [1.29, 1.82) is 0 Å². The van der Waals surface area contributed by atoms with Crippen molar-refractivity contribution in [3.05, 3.63) is 30.1 Å². The summed E-state index contributed by atoms with van der Waals surface area (Å²) in [5.41, 5.74) is 1.40. The average molecular weight is 478 g/mol. The van der Waals surface area contributed by atoms with Crippen molar-refractivity contribution in [3.63, 3.8) is 0 Å². The SMILES string of the molecule is C/C(=C\CSCC(Nc1ncccn1)C(=O)O)CCCC(C)CCCC(C)CCCC(C)C. The lowest BCUT2D eigenvalue weighted by Crippen LogP contribution is -2.32. The summed E-state index contributed by atoms with van der Waals surface area (Å²) in [6.07, 6.45) is 17.3. The van der Waals surface area contributed by atoms with Crippen LogP contribution in [0.1, 0.15) is 92.4 Å². The summed E-state index contributed by atoms with van der Waals surface area (Å²) >= 11 is 1.62. The van der Waals surface area contributed by atoms with Crippen molar-refractivity contribution in [3.8, 4) is 0 Å². The van der Waals surface area contributed by atoms with Gasteiger partial charge in [0.05, 0.1) is 0 Å². The summed E-state index contributed by atoms with van der Waals surface area (Å²) in [6, 6.07) is 1.02. The number of hydrogen-bond acceptors (Lipinski definition) is 5. The number of thioether (sulfide) groups is 1. The first-order valence-corrected chi connectivity index (χ1v) is 13.9. The largest absolute Gasteiger partial charge is 0.480 e. The highest BCUT2D eigenvalue weighted by atomic mass is 32.2. The molecular weight excluding hydrogens is 430 g/mol. The van der Waals surface area contributed by atoms with E-state index in [0.717, 1.165) is 29.9 Å². The number of carbonyl (C=O) groups is 1. The quantitative estimate of drug-likeness (QED) is 0.159. The predicted molar refractivity (Wildman–Crippen MR) is 143 cm³/mol. The minimum atomic E-state index is -0.880. The Bertz CT molecular complexity index is 667. The molecule has 5 nitrogen and oxygen atoms in total. The number of rotatable bonds is 19. The molecule has 33 heavy (non-hydrogen) atoms. The number of nitrogens with zero attached hydrogens (tertiary/aromatic N) is 2. The Morgan fingerprint density at radius 3 is 2.15 bits per heavy atom. The van der Waals surface area contributed by atoms with E-state index in [0.29, 0.717) is 11.7 Å². The lowest BCUT2D eigenvalue weighted by atomic mass is 9.91. The van der Waals surface area contributed by atoms with Crippen LogP contribution >= 0.6 is 11.8 Å². The number of hydrogen-bond donors (Lipinski definition) is 2. The molecule has 188 valence electrons. The fourth-order valence-electron chi connectivity index (χ4n) is 3.90. The van der Waals surface area contributed by atoms with Gasteiger partial charge in [-0.3, -0.25) is 0 Å². The Hall–Kier alpha value is -1.56. The molecule has 0 amide bonds. The van der Waals surface area contributed by atoms with E-state index in [1.165, 1.54) is 56.9 Å². The van der Waals surface area contributed by atoms with Crippen LogP contribution in [0.2, 0.25) is 0 Å². The van der Waals surface area contributed by atoms with Crippen LogP contribution in [-0.4, -0.2) is 38.6 Å². The third-order valence-corrected chi connectivity index (χ3v) is 7.11. The topological polar surface area (TPSA) is 75.1 Å². The van der Waals surface area contributed by atoms with Crippen LogP contribution in [0.3, 0.4) is 0 Å². The second kappa shape index (κ2) is 17.9. The van der Waals surface area contributed by atoms with E-state index in [-0.39, 0.29) is 0 Å². The van der Waals surface area contributed by atoms with Gasteiger partial charge in [0, 0.05) is 23.9 Å². The zero-order valence-corrected chi connectivity index (χ0v) is 22.4. The predicted octanol–water partition coefficient (Wildman–Crippen LogP) is 7.46. The molecule has 6 heteroatoms. The van der Waals surface area contributed by atoms with Gasteiger partial charge in [-0.15, -0.1) is 0 Å². The number of nitrogens with one attached hydrogen (secondary N) is 1. The maximum absolute atomic E-state index is 11.5. The number of allylic oxidation sites excluding steroid dienone is 1. The first kappa shape index (κ1) is 29.5. The number of carboxylic acids is 1. The van der Waals surface area contributed by atoms with Crippen LogP contribution in [0, 0.1) is 17.8 Å². The van der Waals surface area contributed by atoms with Gasteiger partial charge < -0.3 is 10.4 Å². The zero-order valence-electron chi connectivity index (χ0n) is 21.6. The molecule has 0 aliphatic carbocycles. The summed E-state index contributed by atoms with van der Waals surface area (Å²) in [5.74, 6) is 3.29. The Morgan fingerprint density at radius 2 is 1.58 bits per heavy atom. The van der Waals surface area contributed by atoms with Gasteiger partial charge in [0.15, 0.2) is 0 Å². The van der Waals surface area contributed by atoms with Crippen LogP contribution in [0.15, 0.2) is 30.1 Å². The molecule has 0 radical (unpaired) electrons. The highest BCUT2D eigenvalue weighted by Crippen LogP contribution is 2.22. The van der Waals surface area contributed by atoms with Crippen LogP contribution in [0.5, 0.6) is 0 Å². The van der Waals surface area contributed by atoms with Crippen LogP contribution < -0.4 is 5.32 Å². The van der Waals surface area contributed by atoms with Crippen LogP contribution in [-0.2, 0) is 4.79 Å². The monoisotopic (exact) mass is 477 g/mol. The fourth-order valence-corrected chi connectivity index (χ4v) is 4.90. The molecule has 1 rings (SSSR count). The van der Waals surface area contributed by atoms with E-state index < -0.39 is 12.0 Å². The van der Waals surface area contributed by atoms with Gasteiger partial charge in [-0.2, -0.15) is 11.8 Å². The molecule has 0 spiro atoms. The van der Waals surface area contributed by atoms with Crippen molar-refractivity contribution in [2.24, 2.45) is 17.8 Å². The summed E-state index contributed by atoms with van der Waals surface area (Å²) in [4.78, 5) is 19.6. The molecule has 1 aromatic rings. The molecule has 2 N–H and O–H groups in total. The van der Waals surface area contributed by atoms with Crippen molar-refractivity contribution in [2.45, 2.75) is 98.4 Å². The van der Waals surface area contributed by atoms with Crippen molar-refractivity contribution in [2.75, 3.05) is 16.8 Å². The molecular formula is C27H47N3O2S. The Kier molecular flexibility index (Phi) is 15.9. The number of aromatic nitrogens is 2. The zero-order chi connectivity index (χ0) is 24.5. The van der Waals surface area contributed by atoms with E-state index in [1.807, 2.05) is 0 Å². The van der Waals surface area contributed by atoms with Crippen molar-refractivity contribution >= 4 is 23.7 Å². The highest BCUT2D eigenvalue weighted by molar-refractivity contribution is 7.99. The lowest BCUT2D eigenvalue weighted by Gasteiger charge is -2.15. The summed E-state index contributed by atoms with van der Waals surface area (Å²) < 4.78 is 0. The van der Waals surface area contributed by atoms with Gasteiger partial charge in [0.2, 0.25) is 5.95 Å². The second-order valence-corrected chi connectivity index (χ2v) is 11.1. The second-order valence-electron chi connectivity index (χ2n) is 10.1. The summed E-state index contributed by atoms with van der Waals surface area (Å²) in [6.45, 7) is 11.6. The van der Waals surface area contributed by atoms with Gasteiger partial charge >= 0.3 is 5.97 Å². The summed E-state index contributed by atoms with van der Waals surface area (Å²) in [5, 5.41) is 12.3. The fraction of sp³-hybridized carbons (Fsp3) is 0.741. The van der Waals surface area contributed by atoms with E-state index in [2.05, 4.69) is 56.0 Å². The molecule has 1 heterocycles. The molecule has 0 bridgehead atoms. The van der Waals surface area contributed by atoms with Gasteiger partial charge in [-0.05, 0) is 43.6 Å². The number of aliphatic carboxylic acids is 1. The van der Waals surface area contributed by atoms with E-state index in [4.69, 9.17) is 0 Å². The molecule has 0 aliphatic heterocycles. The van der Waals surface area contributed by atoms with Crippen LogP contribution in [0.25, 0.3) is 0 Å². The Labute approximate surface area is 206 Å². The van der Waals surface area contributed by atoms with Crippen molar-refractivity contribution in [1.82, 2.24) is 9.97 Å². The van der Waals surface area contributed by atoms with Crippen molar-refractivity contribution < 1.29 is 9.90 Å². The molecule has 3 unspecified atom stereocenters. The first-order valence-electron chi connectivity index (χ1n) is 12.8. The third-order valence-electron chi connectivity index (χ3n) is 6.14. The van der Waals surface area contributed by atoms with E-state index in [1.54, 1.807) is 30.2 Å². The summed E-state index contributed by atoms with van der Waals surface area (Å²) in [7, 11) is 0. The van der Waals surface area contributed by atoms with Crippen LogP contribution in [0.4, 0.5) is 5.95 Å². The Balaban J connectivity index is 2.14. The van der Waals surface area contributed by atoms with Gasteiger partial charge in [0.1, 0.15) is 6.04 Å². The standard InChI is InChI=1S/C27H47N3O2S/c1-21(2)10-6-11-22(3)12-7-13-23(4)14-8-15-24(5)16-19-33-20-25(26(31)32)30-27-28-17-9-18-29-27/h9,16-18,21-23,25H,6-8,10-15,19-20H2,1-5H3,(H,31,32)(H,28,29,30)/b24-16+. The Morgan fingerprint density at radius 1 is 1.00 bits per heavy atom. The average Bonchev–Trinajstić information content (AvgIpc) is 2.76. The molecule has 0 saturated carbocycles. The number of carboxylic acid groups (broad SMARTS) is 1. The third kappa shape index (κ3) is 15.8. The number of anilines is 1. The lowest BCUT2D eigenvalue weighted by molar-refractivity contribution is -0.137. The maximum atomic E-state index is 11.5. The molecule has 0 fully saturated rings. The van der Waals surface area contributed by atoms with E-state index in [9.17, 15) is 9.90 Å². The molecule has 0 aromatic carbocycles. The molecule has 3 atom stereocenters. The van der Waals surface area contributed by atoms with E-state index >= 15 is 0 Å². The minimum Gasteiger partial charge on any atom is -0.480 e. The first-order chi connectivity index (χ1) is 15.8. The molecule has 0 aliphatic rings.